The molecule has 0 unspecified atom stereocenters. The highest BCUT2D eigenvalue weighted by molar-refractivity contribution is 6.15. The van der Waals surface area contributed by atoms with E-state index in [4.69, 9.17) is 35.1 Å². The molecule has 14 rings (SSSR count). The first-order valence-electron chi connectivity index (χ1n) is 23.4. The van der Waals surface area contributed by atoms with E-state index in [1.807, 2.05) is 72.8 Å². The molecule has 0 saturated heterocycles. The van der Waals surface area contributed by atoms with Gasteiger partial charge in [-0.25, -0.2) is 15.0 Å². The maximum atomic E-state index is 8.80. The molecule has 5 aromatic heterocycles. The zero-order valence-electron chi connectivity index (χ0n) is 38.6. The molecule has 0 atom stereocenters. The van der Waals surface area contributed by atoms with Crippen molar-refractivity contribution in [1.29, 1.82) is 0 Å². The van der Waals surface area contributed by atoms with Gasteiger partial charge in [-0.1, -0.05) is 115 Å². The highest BCUT2D eigenvalue weighted by atomic mass is 16.3. The van der Waals surface area contributed by atoms with Gasteiger partial charge in [-0.2, -0.15) is 0 Å². The molecule has 5 heterocycles. The average molecular weight is 826 g/mol. The van der Waals surface area contributed by atoms with Crippen molar-refractivity contribution in [2.75, 3.05) is 0 Å². The Morgan fingerprint density at radius 2 is 0.859 bits per heavy atom. The predicted octanol–water partition coefficient (Wildman–Crippen LogP) is 15.3. The Morgan fingerprint density at radius 3 is 1.53 bits per heavy atom. The quantitative estimate of drug-likeness (QED) is 0.172. The fourth-order valence-corrected chi connectivity index (χ4v) is 9.45. The van der Waals surface area contributed by atoms with Gasteiger partial charge in [0.1, 0.15) is 33.5 Å². The highest BCUT2D eigenvalue weighted by Gasteiger charge is 2.19. The third kappa shape index (κ3) is 5.25. The summed E-state index contributed by atoms with van der Waals surface area (Å²) in [7, 11) is 0. The fourth-order valence-electron chi connectivity index (χ4n) is 9.45. The maximum Gasteiger partial charge on any atom is 0.164 e. The van der Waals surface area contributed by atoms with Crippen molar-refractivity contribution in [3.8, 4) is 51.0 Å². The maximum absolute atomic E-state index is 8.80. The van der Waals surface area contributed by atoms with E-state index in [-0.39, 0.29) is 23.0 Å². The lowest BCUT2D eigenvalue weighted by atomic mass is 9.98. The molecule has 0 aliphatic rings. The SMILES string of the molecule is [2H]c1c([2H])c([2H])c(-c2nc(-c3ccc4c(c3)oc3ccccc34)nc(-c3ccc4c(c3)oc3cc(-c5cccc6oc7ccc(-n8c9ccccc9c9ccccc98)cc7c56)ccc34)n2)c([2H])c1[2H]. The van der Waals surface area contributed by atoms with Crippen molar-refractivity contribution in [3.05, 3.63) is 194 Å². The number of fused-ring (bicyclic) bond motifs is 12. The number of furan rings is 3. The standard InChI is InChI=1S/C57H32N4O3/c1-2-11-33(12-3-1)55-58-56(35-22-26-42-41-15-6-9-19-48(41)63-52(42)30-35)60-57(59-55)36-23-27-44-43-25-21-34(29-51(43)64-53(44)31-36)38-16-10-20-50-54(38)45-32-37(24-28-49(45)62-50)61-46-17-7-4-13-39(46)40-14-5-8-18-47(40)61/h1-32H/i1D,2D,3D,11D,12D. The third-order valence-electron chi connectivity index (χ3n) is 12.4. The van der Waals surface area contributed by atoms with Crippen molar-refractivity contribution in [2.24, 2.45) is 0 Å². The normalized spacial score (nSPS) is 13.2. The second kappa shape index (κ2) is 13.3. The lowest BCUT2D eigenvalue weighted by molar-refractivity contribution is 0.668. The van der Waals surface area contributed by atoms with Crippen LogP contribution < -0.4 is 0 Å². The van der Waals surface area contributed by atoms with Crippen molar-refractivity contribution >= 4 is 87.6 Å². The number of rotatable bonds is 5. The van der Waals surface area contributed by atoms with Crippen molar-refractivity contribution in [3.63, 3.8) is 0 Å². The Kier molecular flexibility index (Phi) is 6.31. The molecule has 0 N–H and O–H groups in total. The summed E-state index contributed by atoms with van der Waals surface area (Å²) in [6.07, 6.45) is 0. The smallest absolute Gasteiger partial charge is 0.164 e. The molecule has 0 aliphatic carbocycles. The molecule has 9 aromatic carbocycles. The molecule has 64 heavy (non-hydrogen) atoms. The number of hydrogen-bond acceptors (Lipinski definition) is 6. The van der Waals surface area contributed by atoms with E-state index >= 15 is 0 Å². The molecular formula is C57H32N4O3. The minimum Gasteiger partial charge on any atom is -0.456 e. The first-order chi connectivity index (χ1) is 33.8. The lowest BCUT2D eigenvalue weighted by Gasteiger charge is -2.08. The van der Waals surface area contributed by atoms with Crippen LogP contribution in [0, 0.1) is 0 Å². The van der Waals surface area contributed by atoms with Crippen LogP contribution in [0.1, 0.15) is 6.85 Å². The predicted molar refractivity (Wildman–Crippen MR) is 258 cm³/mol. The van der Waals surface area contributed by atoms with Gasteiger partial charge in [0, 0.05) is 65.5 Å². The van der Waals surface area contributed by atoms with Crippen LogP contribution >= 0.6 is 0 Å². The number of nitrogens with zero attached hydrogens (tertiary/aromatic N) is 4. The number of hydrogen-bond donors (Lipinski definition) is 0. The van der Waals surface area contributed by atoms with E-state index in [9.17, 15) is 0 Å². The first-order valence-corrected chi connectivity index (χ1v) is 20.9. The molecule has 14 aromatic rings. The molecule has 0 radical (unpaired) electrons. The van der Waals surface area contributed by atoms with E-state index in [0.29, 0.717) is 27.9 Å². The van der Waals surface area contributed by atoms with Crippen LogP contribution in [0.5, 0.6) is 0 Å². The van der Waals surface area contributed by atoms with Gasteiger partial charge in [-0.05, 0) is 90.0 Å². The summed E-state index contributed by atoms with van der Waals surface area (Å²) in [6.45, 7) is 0. The number of para-hydroxylation sites is 3. The van der Waals surface area contributed by atoms with Crippen LogP contribution in [-0.4, -0.2) is 19.5 Å². The van der Waals surface area contributed by atoms with Gasteiger partial charge >= 0.3 is 0 Å². The molecule has 0 fully saturated rings. The topological polar surface area (TPSA) is 83.0 Å². The minimum atomic E-state index is -0.503. The summed E-state index contributed by atoms with van der Waals surface area (Å²) in [6, 6.07) is 52.6. The van der Waals surface area contributed by atoms with Crippen LogP contribution in [0.4, 0.5) is 0 Å². The monoisotopic (exact) mass is 825 g/mol. The van der Waals surface area contributed by atoms with Crippen LogP contribution in [0.15, 0.2) is 207 Å². The average Bonchev–Trinajstić information content (AvgIpc) is 4.15. The Hall–Kier alpha value is -8.81. The summed E-state index contributed by atoms with van der Waals surface area (Å²) in [5.74, 6) is 0.407. The third-order valence-corrected chi connectivity index (χ3v) is 12.4. The number of aromatic nitrogens is 4. The van der Waals surface area contributed by atoms with Crippen LogP contribution in [0.2, 0.25) is 0 Å². The van der Waals surface area contributed by atoms with E-state index in [0.717, 1.165) is 76.9 Å². The van der Waals surface area contributed by atoms with Crippen LogP contribution in [0.3, 0.4) is 0 Å². The van der Waals surface area contributed by atoms with E-state index in [1.165, 1.54) is 10.8 Å². The lowest BCUT2D eigenvalue weighted by Crippen LogP contribution is -2.00. The number of benzene rings is 9. The van der Waals surface area contributed by atoms with E-state index in [2.05, 4.69) is 95.6 Å². The minimum absolute atomic E-state index is 0.0609. The summed E-state index contributed by atoms with van der Waals surface area (Å²) in [4.78, 5) is 14.5. The molecule has 0 aliphatic heterocycles. The fraction of sp³-hybridized carbons (Fsp3) is 0. The summed E-state index contributed by atoms with van der Waals surface area (Å²) in [5, 5.41) is 8.12. The molecule has 0 saturated carbocycles. The molecule has 0 bridgehead atoms. The van der Waals surface area contributed by atoms with Crippen LogP contribution in [0.25, 0.3) is 139 Å². The van der Waals surface area contributed by atoms with Crippen molar-refractivity contribution in [1.82, 2.24) is 19.5 Å². The van der Waals surface area contributed by atoms with Gasteiger partial charge in [-0.3, -0.25) is 0 Å². The molecule has 0 amide bonds. The zero-order valence-corrected chi connectivity index (χ0v) is 33.6. The Labute approximate surface area is 371 Å². The van der Waals surface area contributed by atoms with E-state index in [1.54, 1.807) is 0 Å². The first kappa shape index (κ1) is 30.3. The van der Waals surface area contributed by atoms with E-state index < -0.39 is 30.2 Å². The van der Waals surface area contributed by atoms with Gasteiger partial charge in [0.05, 0.1) is 17.9 Å². The Balaban J connectivity index is 0.900. The Bertz CT molecular complexity index is 4450. The zero-order chi connectivity index (χ0) is 46.2. The molecule has 7 nitrogen and oxygen atoms in total. The summed E-state index contributed by atoms with van der Waals surface area (Å²) in [5.41, 5.74) is 10.6. The second-order valence-electron chi connectivity index (χ2n) is 16.0. The van der Waals surface area contributed by atoms with Crippen LogP contribution in [-0.2, 0) is 0 Å². The summed E-state index contributed by atoms with van der Waals surface area (Å²) >= 11 is 0. The second-order valence-corrected chi connectivity index (χ2v) is 16.0. The van der Waals surface area contributed by atoms with Gasteiger partial charge < -0.3 is 17.8 Å². The Morgan fingerprint density at radius 1 is 0.359 bits per heavy atom. The summed E-state index contributed by atoms with van der Waals surface area (Å²) < 4.78 is 64.3. The van der Waals surface area contributed by atoms with Crippen molar-refractivity contribution < 1.29 is 20.1 Å². The van der Waals surface area contributed by atoms with Crippen molar-refractivity contribution in [2.45, 2.75) is 0 Å². The molecular weight excluding hydrogens is 789 g/mol. The largest absolute Gasteiger partial charge is 0.456 e. The molecule has 7 heteroatoms. The molecule has 0 spiro atoms. The van der Waals surface area contributed by atoms with Gasteiger partial charge in [-0.15, -0.1) is 0 Å². The van der Waals surface area contributed by atoms with Gasteiger partial charge in [0.2, 0.25) is 0 Å². The van der Waals surface area contributed by atoms with Gasteiger partial charge in [0.25, 0.3) is 0 Å². The molecule has 298 valence electrons. The highest BCUT2D eigenvalue weighted by Crippen LogP contribution is 2.42. The van der Waals surface area contributed by atoms with Gasteiger partial charge in [0.15, 0.2) is 17.5 Å².